The average molecular weight is 316 g/mol. The minimum atomic E-state index is -1.19. The van der Waals surface area contributed by atoms with Gasteiger partial charge in [0.2, 0.25) is 0 Å². The van der Waals surface area contributed by atoms with Crippen LogP contribution in [0.25, 0.3) is 0 Å². The van der Waals surface area contributed by atoms with Gasteiger partial charge in [-0.2, -0.15) is 0 Å². The predicted molar refractivity (Wildman–Crippen MR) is 91.3 cm³/mol. The zero-order chi connectivity index (χ0) is 16.3. The van der Waals surface area contributed by atoms with Crippen LogP contribution in [-0.4, -0.2) is 47.7 Å². The van der Waals surface area contributed by atoms with Crippen LogP contribution in [0.4, 0.5) is 0 Å². The maximum atomic E-state index is 12.7. The molecule has 126 valence electrons. The number of carbonyl (C=O) groups excluding carboxylic acids is 1. The van der Waals surface area contributed by atoms with E-state index in [9.17, 15) is 9.90 Å². The second-order valence-corrected chi connectivity index (χ2v) is 7.22. The molecule has 1 aromatic carbocycles. The van der Waals surface area contributed by atoms with Gasteiger partial charge in [0, 0.05) is 25.0 Å². The Bertz CT molecular complexity index is 523. The molecule has 1 heterocycles. The predicted octanol–water partition coefficient (Wildman–Crippen LogP) is 2.29. The molecular weight excluding hydrogens is 288 g/mol. The van der Waals surface area contributed by atoms with Gasteiger partial charge in [-0.25, -0.2) is 0 Å². The average Bonchev–Trinajstić information content (AvgIpc) is 2.59. The van der Waals surface area contributed by atoms with Crippen molar-refractivity contribution in [3.05, 3.63) is 35.9 Å². The summed E-state index contributed by atoms with van der Waals surface area (Å²) in [5, 5.41) is 13.9. The number of amides is 1. The monoisotopic (exact) mass is 316 g/mol. The summed E-state index contributed by atoms with van der Waals surface area (Å²) in [5.74, 6) is 0.196. The molecule has 2 aliphatic rings. The molecule has 2 unspecified atom stereocenters. The van der Waals surface area contributed by atoms with Gasteiger partial charge in [-0.05, 0) is 38.3 Å². The number of likely N-dealkylation sites (tertiary alicyclic amines) is 1. The molecule has 0 bridgehead atoms. The summed E-state index contributed by atoms with van der Waals surface area (Å²) in [4.78, 5) is 14.9. The third kappa shape index (κ3) is 3.75. The summed E-state index contributed by atoms with van der Waals surface area (Å²) in [6.45, 7) is 1.55. The Morgan fingerprint density at radius 2 is 1.83 bits per heavy atom. The summed E-state index contributed by atoms with van der Waals surface area (Å²) in [7, 11) is 2.03. The number of nitrogens with zero attached hydrogens (tertiary/aromatic N) is 1. The SMILES string of the molecule is CN1CCC(O)(C(=O)NC2CCCCC2c2ccccc2)CC1. The molecule has 3 rings (SSSR count). The fourth-order valence-electron chi connectivity index (χ4n) is 3.92. The fraction of sp³-hybridized carbons (Fsp3) is 0.632. The first-order valence-electron chi connectivity index (χ1n) is 8.85. The van der Waals surface area contributed by atoms with E-state index < -0.39 is 5.60 Å². The Morgan fingerprint density at radius 3 is 2.52 bits per heavy atom. The van der Waals surface area contributed by atoms with Crippen molar-refractivity contribution in [2.24, 2.45) is 0 Å². The molecule has 0 spiro atoms. The van der Waals surface area contributed by atoms with E-state index in [2.05, 4.69) is 34.5 Å². The lowest BCUT2D eigenvalue weighted by atomic mass is 9.79. The number of rotatable bonds is 3. The van der Waals surface area contributed by atoms with Gasteiger partial charge in [-0.15, -0.1) is 0 Å². The Morgan fingerprint density at radius 1 is 1.17 bits per heavy atom. The number of benzene rings is 1. The standard InChI is InChI=1S/C19H28N2O2/c1-21-13-11-19(23,12-14-21)18(22)20-17-10-6-5-9-16(17)15-7-3-2-4-8-15/h2-4,7-8,16-17,23H,5-6,9-14H2,1H3,(H,20,22). The van der Waals surface area contributed by atoms with Gasteiger partial charge < -0.3 is 15.3 Å². The third-order valence-corrected chi connectivity index (χ3v) is 5.55. The number of hydrogen-bond acceptors (Lipinski definition) is 3. The molecule has 4 heteroatoms. The molecule has 1 saturated carbocycles. The summed E-state index contributed by atoms with van der Waals surface area (Å²) in [5.41, 5.74) is 0.110. The van der Waals surface area contributed by atoms with Crippen molar-refractivity contribution in [1.29, 1.82) is 0 Å². The van der Waals surface area contributed by atoms with Crippen LogP contribution in [-0.2, 0) is 4.79 Å². The van der Waals surface area contributed by atoms with E-state index >= 15 is 0 Å². The molecular formula is C19H28N2O2. The molecule has 2 atom stereocenters. The molecule has 23 heavy (non-hydrogen) atoms. The fourth-order valence-corrected chi connectivity index (χ4v) is 3.92. The minimum absolute atomic E-state index is 0.141. The van der Waals surface area contributed by atoms with Gasteiger partial charge in [0.1, 0.15) is 5.60 Å². The van der Waals surface area contributed by atoms with Crippen LogP contribution in [0.5, 0.6) is 0 Å². The van der Waals surface area contributed by atoms with Crippen molar-refractivity contribution >= 4 is 5.91 Å². The number of nitrogens with one attached hydrogen (secondary N) is 1. The van der Waals surface area contributed by atoms with Crippen LogP contribution in [0.3, 0.4) is 0 Å². The minimum Gasteiger partial charge on any atom is -0.380 e. The van der Waals surface area contributed by atoms with Gasteiger partial charge >= 0.3 is 0 Å². The van der Waals surface area contributed by atoms with Gasteiger partial charge in [0.25, 0.3) is 5.91 Å². The molecule has 2 fully saturated rings. The van der Waals surface area contributed by atoms with Crippen molar-refractivity contribution in [3.63, 3.8) is 0 Å². The van der Waals surface area contributed by atoms with Gasteiger partial charge in [-0.3, -0.25) is 4.79 Å². The molecule has 1 aromatic rings. The molecule has 0 radical (unpaired) electrons. The number of carbonyl (C=O) groups is 1. The highest BCUT2D eigenvalue weighted by Gasteiger charge is 2.40. The lowest BCUT2D eigenvalue weighted by Gasteiger charge is -2.38. The highest BCUT2D eigenvalue weighted by Crippen LogP contribution is 2.33. The largest absolute Gasteiger partial charge is 0.380 e. The van der Waals surface area contributed by atoms with Crippen LogP contribution in [0, 0.1) is 0 Å². The molecule has 4 nitrogen and oxygen atoms in total. The normalized spacial score (nSPS) is 28.3. The Hall–Kier alpha value is -1.39. The molecule has 1 aliphatic heterocycles. The maximum absolute atomic E-state index is 12.7. The second kappa shape index (κ2) is 7.02. The highest BCUT2D eigenvalue weighted by molar-refractivity contribution is 5.85. The highest BCUT2D eigenvalue weighted by atomic mass is 16.3. The van der Waals surface area contributed by atoms with Crippen molar-refractivity contribution in [2.75, 3.05) is 20.1 Å². The zero-order valence-electron chi connectivity index (χ0n) is 14.0. The van der Waals surface area contributed by atoms with Gasteiger partial charge in [-0.1, -0.05) is 43.2 Å². The quantitative estimate of drug-likeness (QED) is 0.899. The molecule has 2 N–H and O–H groups in total. The van der Waals surface area contributed by atoms with E-state index in [0.717, 1.165) is 32.4 Å². The summed E-state index contributed by atoms with van der Waals surface area (Å²) >= 11 is 0. The van der Waals surface area contributed by atoms with Crippen LogP contribution in [0.15, 0.2) is 30.3 Å². The maximum Gasteiger partial charge on any atom is 0.252 e. The second-order valence-electron chi connectivity index (χ2n) is 7.22. The van der Waals surface area contributed by atoms with Crippen molar-refractivity contribution < 1.29 is 9.90 Å². The van der Waals surface area contributed by atoms with Gasteiger partial charge in [0.15, 0.2) is 0 Å². The Kier molecular flexibility index (Phi) is 5.02. The molecule has 1 saturated heterocycles. The number of aliphatic hydroxyl groups is 1. The van der Waals surface area contributed by atoms with E-state index in [1.807, 2.05) is 13.1 Å². The van der Waals surface area contributed by atoms with Crippen LogP contribution in [0.1, 0.15) is 50.0 Å². The third-order valence-electron chi connectivity index (χ3n) is 5.55. The lowest BCUT2D eigenvalue weighted by molar-refractivity contribution is -0.145. The van der Waals surface area contributed by atoms with Crippen LogP contribution in [0.2, 0.25) is 0 Å². The van der Waals surface area contributed by atoms with E-state index in [0.29, 0.717) is 18.8 Å². The summed E-state index contributed by atoms with van der Waals surface area (Å²) in [6, 6.07) is 10.6. The lowest BCUT2D eigenvalue weighted by Crippen LogP contribution is -2.56. The topological polar surface area (TPSA) is 52.6 Å². The molecule has 1 aliphatic carbocycles. The van der Waals surface area contributed by atoms with E-state index in [4.69, 9.17) is 0 Å². The van der Waals surface area contributed by atoms with Crippen molar-refractivity contribution in [3.8, 4) is 0 Å². The Balaban J connectivity index is 1.68. The first kappa shape index (κ1) is 16.5. The molecule has 1 amide bonds. The van der Waals surface area contributed by atoms with E-state index in [1.165, 1.54) is 12.0 Å². The zero-order valence-corrected chi connectivity index (χ0v) is 14.0. The van der Waals surface area contributed by atoms with Crippen LogP contribution < -0.4 is 5.32 Å². The Labute approximate surface area is 138 Å². The van der Waals surface area contributed by atoms with Crippen molar-refractivity contribution in [2.45, 2.75) is 56.1 Å². The number of piperidine rings is 1. The van der Waals surface area contributed by atoms with Gasteiger partial charge in [0.05, 0.1) is 0 Å². The first-order valence-corrected chi connectivity index (χ1v) is 8.85. The van der Waals surface area contributed by atoms with Crippen LogP contribution >= 0.6 is 0 Å². The first-order chi connectivity index (χ1) is 11.1. The molecule has 0 aromatic heterocycles. The number of hydrogen-bond donors (Lipinski definition) is 2. The van der Waals surface area contributed by atoms with Crippen molar-refractivity contribution in [1.82, 2.24) is 10.2 Å². The summed E-state index contributed by atoms with van der Waals surface area (Å²) in [6.07, 6.45) is 5.52. The smallest absolute Gasteiger partial charge is 0.252 e. The van der Waals surface area contributed by atoms with E-state index in [1.54, 1.807) is 0 Å². The van der Waals surface area contributed by atoms with E-state index in [-0.39, 0.29) is 11.9 Å². The summed E-state index contributed by atoms with van der Waals surface area (Å²) < 4.78 is 0.